The van der Waals surface area contributed by atoms with E-state index in [0.717, 1.165) is 22.9 Å². The summed E-state index contributed by atoms with van der Waals surface area (Å²) in [4.78, 5) is 4.69. The molecule has 0 fully saturated rings. The Bertz CT molecular complexity index is 506. The van der Waals surface area contributed by atoms with Crippen molar-refractivity contribution in [3.05, 3.63) is 39.9 Å². The molecule has 0 aliphatic heterocycles. The van der Waals surface area contributed by atoms with E-state index in [1.165, 1.54) is 22.3 Å². The largest absolute Gasteiger partial charge is 0.241 e. The second kappa shape index (κ2) is 5.23. The second-order valence-electron chi connectivity index (χ2n) is 4.39. The van der Waals surface area contributed by atoms with Gasteiger partial charge in [-0.25, -0.2) is 4.98 Å². The minimum Gasteiger partial charge on any atom is -0.241 e. The number of aryl methyl sites for hydroxylation is 4. The molecule has 0 saturated heterocycles. The molecule has 0 spiro atoms. The smallest absolute Gasteiger partial charge is 0.124 e. The molecule has 2 aromatic rings. The van der Waals surface area contributed by atoms with Crippen LogP contribution in [0.25, 0.3) is 10.6 Å². The van der Waals surface area contributed by atoms with Crippen LogP contribution in [0.2, 0.25) is 0 Å². The molecule has 1 aromatic heterocycles. The van der Waals surface area contributed by atoms with Gasteiger partial charge < -0.3 is 0 Å². The lowest BCUT2D eigenvalue weighted by Gasteiger charge is -2.08. The predicted molar refractivity (Wildman–Crippen MR) is 79.3 cm³/mol. The van der Waals surface area contributed by atoms with Gasteiger partial charge in [-0.3, -0.25) is 0 Å². The van der Waals surface area contributed by atoms with Crippen LogP contribution in [0.3, 0.4) is 0 Å². The van der Waals surface area contributed by atoms with Gasteiger partial charge in [0.2, 0.25) is 0 Å². The van der Waals surface area contributed by atoms with E-state index in [4.69, 9.17) is 4.98 Å². The summed E-state index contributed by atoms with van der Waals surface area (Å²) < 4.78 is 0. The first-order chi connectivity index (χ1) is 8.11. The third-order valence-electron chi connectivity index (χ3n) is 2.81. The van der Waals surface area contributed by atoms with Gasteiger partial charge >= 0.3 is 0 Å². The second-order valence-corrected chi connectivity index (χ2v) is 5.70. The Kier molecular flexibility index (Phi) is 3.89. The lowest BCUT2D eigenvalue weighted by molar-refractivity contribution is 1.08. The summed E-state index contributed by atoms with van der Waals surface area (Å²) in [6, 6.07) is 4.45. The summed E-state index contributed by atoms with van der Waals surface area (Å²) in [7, 11) is 0. The molecule has 1 nitrogen and oxygen atoms in total. The highest BCUT2D eigenvalue weighted by Crippen LogP contribution is 2.30. The topological polar surface area (TPSA) is 12.9 Å². The van der Waals surface area contributed by atoms with Gasteiger partial charge in [0, 0.05) is 10.9 Å². The van der Waals surface area contributed by atoms with Crippen molar-refractivity contribution in [3.63, 3.8) is 0 Å². The van der Waals surface area contributed by atoms with E-state index in [2.05, 4.69) is 50.9 Å². The van der Waals surface area contributed by atoms with Gasteiger partial charge in [-0.05, 0) is 44.1 Å². The fraction of sp³-hybridized carbons (Fsp3) is 0.357. The average Bonchev–Trinajstić information content (AvgIpc) is 2.65. The summed E-state index contributed by atoms with van der Waals surface area (Å²) in [5, 5.41) is 3.28. The molecule has 1 aromatic carbocycles. The molecule has 0 amide bonds. The number of hydrogen-bond donors (Lipinski definition) is 1. The van der Waals surface area contributed by atoms with Gasteiger partial charge in [-0.2, -0.15) is 12.6 Å². The Labute approximate surface area is 112 Å². The van der Waals surface area contributed by atoms with Gasteiger partial charge in [-0.1, -0.05) is 17.7 Å². The zero-order valence-electron chi connectivity index (χ0n) is 10.4. The van der Waals surface area contributed by atoms with E-state index in [-0.39, 0.29) is 0 Å². The molecule has 0 saturated carbocycles. The molecule has 1 heterocycles. The first-order valence-electron chi connectivity index (χ1n) is 5.75. The van der Waals surface area contributed by atoms with E-state index < -0.39 is 0 Å². The van der Waals surface area contributed by atoms with Gasteiger partial charge in [-0.15, -0.1) is 11.3 Å². The minimum atomic E-state index is 0.856. The number of aromatic nitrogens is 1. The lowest BCUT2D eigenvalue weighted by Crippen LogP contribution is -1.91. The van der Waals surface area contributed by atoms with Crippen LogP contribution in [-0.4, -0.2) is 10.7 Å². The zero-order valence-corrected chi connectivity index (χ0v) is 12.2. The fourth-order valence-corrected chi connectivity index (χ4v) is 3.43. The maximum Gasteiger partial charge on any atom is 0.124 e. The molecular weight excluding hydrogens is 246 g/mol. The van der Waals surface area contributed by atoms with E-state index >= 15 is 0 Å². The number of thiol groups is 1. The Morgan fingerprint density at radius 3 is 2.41 bits per heavy atom. The third-order valence-corrected chi connectivity index (χ3v) is 3.94. The molecule has 0 atom stereocenters. The summed E-state index contributed by atoms with van der Waals surface area (Å²) in [5.74, 6) is 0.856. The standard InChI is InChI=1S/C14H17NS2/c1-9-6-10(2)13(11(3)7-9)14-15-12(4-5-16)8-17-14/h6-8,16H,4-5H2,1-3H3. The van der Waals surface area contributed by atoms with E-state index in [0.29, 0.717) is 0 Å². The molecule has 3 heteroatoms. The molecular formula is C14H17NS2. The van der Waals surface area contributed by atoms with E-state index in [1.807, 2.05) is 0 Å². The predicted octanol–water partition coefficient (Wildman–Crippen LogP) is 4.21. The Morgan fingerprint density at radius 1 is 1.18 bits per heavy atom. The van der Waals surface area contributed by atoms with Crippen LogP contribution >= 0.6 is 24.0 Å². The maximum absolute atomic E-state index is 4.69. The maximum atomic E-state index is 4.69. The van der Waals surface area contributed by atoms with Gasteiger partial charge in [0.05, 0.1) is 5.69 Å². The van der Waals surface area contributed by atoms with Crippen molar-refractivity contribution in [1.82, 2.24) is 4.98 Å². The fourth-order valence-electron chi connectivity index (χ4n) is 2.17. The van der Waals surface area contributed by atoms with Crippen LogP contribution in [0, 0.1) is 20.8 Å². The quantitative estimate of drug-likeness (QED) is 0.819. The van der Waals surface area contributed by atoms with Gasteiger partial charge in [0.25, 0.3) is 0 Å². The Balaban J connectivity index is 2.45. The molecule has 17 heavy (non-hydrogen) atoms. The average molecular weight is 263 g/mol. The summed E-state index contributed by atoms with van der Waals surface area (Å²) in [6.45, 7) is 6.46. The van der Waals surface area contributed by atoms with E-state index in [9.17, 15) is 0 Å². The van der Waals surface area contributed by atoms with Crippen molar-refractivity contribution < 1.29 is 0 Å². The Morgan fingerprint density at radius 2 is 1.82 bits per heavy atom. The summed E-state index contributed by atoms with van der Waals surface area (Å²) in [5.41, 5.74) is 6.39. The molecule has 0 bridgehead atoms. The van der Waals surface area contributed by atoms with Crippen LogP contribution in [0.15, 0.2) is 17.5 Å². The first kappa shape index (κ1) is 12.7. The van der Waals surface area contributed by atoms with Crippen molar-refractivity contribution in [2.24, 2.45) is 0 Å². The summed E-state index contributed by atoms with van der Waals surface area (Å²) in [6.07, 6.45) is 0.948. The lowest BCUT2D eigenvalue weighted by atomic mass is 10.0. The van der Waals surface area contributed by atoms with Crippen LogP contribution in [0.4, 0.5) is 0 Å². The van der Waals surface area contributed by atoms with Crippen molar-refractivity contribution in [2.75, 3.05) is 5.75 Å². The highest BCUT2D eigenvalue weighted by molar-refractivity contribution is 7.80. The number of thiazole rings is 1. The normalized spacial score (nSPS) is 10.8. The number of benzene rings is 1. The minimum absolute atomic E-state index is 0.856. The van der Waals surface area contributed by atoms with Crippen LogP contribution in [0.1, 0.15) is 22.4 Å². The van der Waals surface area contributed by atoms with Gasteiger partial charge in [0.15, 0.2) is 0 Å². The first-order valence-corrected chi connectivity index (χ1v) is 7.26. The molecule has 0 aliphatic rings. The summed E-state index contributed by atoms with van der Waals surface area (Å²) >= 11 is 5.98. The van der Waals surface area contributed by atoms with Crippen LogP contribution < -0.4 is 0 Å². The van der Waals surface area contributed by atoms with Crippen molar-refractivity contribution >= 4 is 24.0 Å². The van der Waals surface area contributed by atoms with Crippen LogP contribution in [-0.2, 0) is 6.42 Å². The van der Waals surface area contributed by atoms with Crippen molar-refractivity contribution in [3.8, 4) is 10.6 Å². The van der Waals surface area contributed by atoms with Gasteiger partial charge in [0.1, 0.15) is 5.01 Å². The van der Waals surface area contributed by atoms with Crippen LogP contribution in [0.5, 0.6) is 0 Å². The van der Waals surface area contributed by atoms with Crippen molar-refractivity contribution in [1.29, 1.82) is 0 Å². The SMILES string of the molecule is Cc1cc(C)c(-c2nc(CCS)cs2)c(C)c1. The van der Waals surface area contributed by atoms with Crippen molar-refractivity contribution in [2.45, 2.75) is 27.2 Å². The Hall–Kier alpha value is -0.800. The highest BCUT2D eigenvalue weighted by Gasteiger charge is 2.10. The molecule has 0 N–H and O–H groups in total. The number of hydrogen-bond acceptors (Lipinski definition) is 3. The molecule has 0 radical (unpaired) electrons. The monoisotopic (exact) mass is 263 g/mol. The van der Waals surface area contributed by atoms with E-state index in [1.54, 1.807) is 11.3 Å². The highest BCUT2D eigenvalue weighted by atomic mass is 32.1. The zero-order chi connectivity index (χ0) is 12.4. The molecule has 90 valence electrons. The number of rotatable bonds is 3. The molecule has 0 unspecified atom stereocenters. The molecule has 0 aliphatic carbocycles. The molecule has 2 rings (SSSR count). The number of nitrogens with zero attached hydrogens (tertiary/aromatic N) is 1. The third kappa shape index (κ3) is 2.72.